The number of hydrogen-bond acceptors (Lipinski definition) is 6. The minimum absolute atomic E-state index is 0.0935. The molecule has 2 heterocycles. The van der Waals surface area contributed by atoms with E-state index >= 15 is 0 Å². The van der Waals surface area contributed by atoms with Crippen LogP contribution in [-0.4, -0.2) is 43.3 Å². The van der Waals surface area contributed by atoms with Gasteiger partial charge in [-0.15, -0.1) is 0 Å². The molecule has 6 nitrogen and oxygen atoms in total. The van der Waals surface area contributed by atoms with Gasteiger partial charge in [-0.05, 0) is 31.1 Å². The maximum atomic E-state index is 5.61. The summed E-state index contributed by atoms with van der Waals surface area (Å²) in [6.07, 6.45) is 4.24. The van der Waals surface area contributed by atoms with E-state index in [9.17, 15) is 0 Å². The number of ether oxygens (including phenoxy) is 2. The number of nitrogens with zero attached hydrogens (tertiary/aromatic N) is 3. The molecule has 0 N–H and O–H groups in total. The van der Waals surface area contributed by atoms with Gasteiger partial charge in [-0.2, -0.15) is 0 Å². The lowest BCUT2D eigenvalue weighted by molar-refractivity contribution is 0.329. The zero-order chi connectivity index (χ0) is 18.0. The van der Waals surface area contributed by atoms with Crippen molar-refractivity contribution in [2.75, 3.05) is 14.2 Å². The van der Waals surface area contributed by atoms with Crippen molar-refractivity contribution in [2.45, 2.75) is 64.5 Å². The van der Waals surface area contributed by atoms with Gasteiger partial charge < -0.3 is 14.0 Å². The molecule has 138 valence electrons. The maximum absolute atomic E-state index is 5.61. The highest BCUT2D eigenvalue weighted by molar-refractivity contribution is 5.94. The summed E-state index contributed by atoms with van der Waals surface area (Å²) in [5.41, 5.74) is 0.895. The van der Waals surface area contributed by atoms with Gasteiger partial charge in [0.05, 0.1) is 19.9 Å². The topological polar surface area (TPSA) is 69.2 Å². The second-order valence-corrected chi connectivity index (χ2v) is 7.59. The molecular formula is C19H29N3O3. The number of methoxy groups -OCH3 is 2. The van der Waals surface area contributed by atoms with Gasteiger partial charge in [-0.25, -0.2) is 9.98 Å². The van der Waals surface area contributed by atoms with E-state index in [2.05, 4.69) is 32.0 Å². The molecule has 1 fully saturated rings. The summed E-state index contributed by atoms with van der Waals surface area (Å²) < 4.78 is 16.6. The Kier molecular flexibility index (Phi) is 5.45. The fourth-order valence-corrected chi connectivity index (χ4v) is 3.77. The van der Waals surface area contributed by atoms with Gasteiger partial charge in [0.1, 0.15) is 17.8 Å². The largest absolute Gasteiger partial charge is 0.483 e. The molecule has 1 saturated carbocycles. The minimum Gasteiger partial charge on any atom is -0.483 e. The lowest BCUT2D eigenvalue weighted by atomic mass is 10.0. The highest BCUT2D eigenvalue weighted by atomic mass is 16.5. The zero-order valence-electron chi connectivity index (χ0n) is 15.9. The summed E-state index contributed by atoms with van der Waals surface area (Å²) in [6.45, 7) is 6.50. The first-order chi connectivity index (χ1) is 12.0. The monoisotopic (exact) mass is 347 g/mol. The first-order valence-corrected chi connectivity index (χ1v) is 9.20. The summed E-state index contributed by atoms with van der Waals surface area (Å²) >= 11 is 0. The fourth-order valence-electron chi connectivity index (χ4n) is 3.77. The van der Waals surface area contributed by atoms with Crippen LogP contribution in [0.4, 0.5) is 0 Å². The Hall–Kier alpha value is -1.85. The summed E-state index contributed by atoms with van der Waals surface area (Å²) in [4.78, 5) is 9.43. The second-order valence-electron chi connectivity index (χ2n) is 7.59. The van der Waals surface area contributed by atoms with Crippen LogP contribution in [-0.2, 0) is 15.9 Å². The fraction of sp³-hybridized carbons (Fsp3) is 0.737. The van der Waals surface area contributed by atoms with Crippen LogP contribution in [0, 0.1) is 11.8 Å². The average molecular weight is 347 g/mol. The molecule has 0 amide bonds. The highest BCUT2D eigenvalue weighted by Crippen LogP contribution is 2.38. The Balaban J connectivity index is 1.74. The first kappa shape index (κ1) is 18.0. The first-order valence-electron chi connectivity index (χ1n) is 9.20. The van der Waals surface area contributed by atoms with Crippen LogP contribution < -0.4 is 0 Å². The van der Waals surface area contributed by atoms with Crippen LogP contribution in [0.5, 0.6) is 0 Å². The average Bonchev–Trinajstić information content (AvgIpc) is 3.23. The molecule has 0 aromatic carbocycles. The molecule has 0 bridgehead atoms. The molecule has 3 rings (SSSR count). The Morgan fingerprint density at radius 2 is 1.92 bits per heavy atom. The minimum atomic E-state index is -0.213. The van der Waals surface area contributed by atoms with Crippen LogP contribution in [0.15, 0.2) is 20.6 Å². The quantitative estimate of drug-likeness (QED) is 0.834. The van der Waals surface area contributed by atoms with Gasteiger partial charge in [0.25, 0.3) is 0 Å². The van der Waals surface area contributed by atoms with Crippen LogP contribution in [0.25, 0.3) is 0 Å². The molecular weight excluding hydrogens is 318 g/mol. The smallest absolute Gasteiger partial charge is 0.209 e. The third-order valence-corrected chi connectivity index (χ3v) is 5.21. The second kappa shape index (κ2) is 7.58. The molecule has 0 spiro atoms. The van der Waals surface area contributed by atoms with E-state index < -0.39 is 0 Å². The Morgan fingerprint density at radius 3 is 2.52 bits per heavy atom. The van der Waals surface area contributed by atoms with Gasteiger partial charge in [0.2, 0.25) is 11.8 Å². The Labute approximate surface area is 149 Å². The highest BCUT2D eigenvalue weighted by Gasteiger charge is 2.32. The molecule has 2 unspecified atom stereocenters. The molecule has 1 aliphatic heterocycles. The number of aromatic nitrogens is 1. The van der Waals surface area contributed by atoms with Crippen molar-refractivity contribution >= 4 is 11.8 Å². The standard InChI is InChI=1S/C19H29N3O3/c1-11(2)17-19(24-5)20-15(18(21-17)23-4)9-14-10-16(25-22-14)13-7-6-12(3)8-13/h10-13,15,17H,6-9H2,1-5H3/t12?,13?,15-,17-/m1/s1. The molecule has 0 radical (unpaired) electrons. The van der Waals surface area contributed by atoms with Crippen LogP contribution in [0.3, 0.4) is 0 Å². The molecule has 1 aromatic heterocycles. The van der Waals surface area contributed by atoms with Crippen LogP contribution in [0.1, 0.15) is 57.4 Å². The number of rotatable bonds is 4. The number of aliphatic imine (C=N–C) groups is 2. The molecule has 0 saturated heterocycles. The van der Waals surface area contributed by atoms with Gasteiger partial charge in [-0.1, -0.05) is 25.9 Å². The van der Waals surface area contributed by atoms with Crippen molar-refractivity contribution in [3.63, 3.8) is 0 Å². The lowest BCUT2D eigenvalue weighted by Crippen LogP contribution is -2.38. The lowest BCUT2D eigenvalue weighted by Gasteiger charge is -2.26. The summed E-state index contributed by atoms with van der Waals surface area (Å²) in [5, 5.41) is 4.26. The van der Waals surface area contributed by atoms with Gasteiger partial charge >= 0.3 is 0 Å². The molecule has 6 heteroatoms. The molecule has 1 aromatic rings. The van der Waals surface area contributed by atoms with Crippen molar-refractivity contribution in [3.8, 4) is 0 Å². The van der Waals surface area contributed by atoms with Gasteiger partial charge in [0.15, 0.2) is 0 Å². The van der Waals surface area contributed by atoms with E-state index in [4.69, 9.17) is 24.0 Å². The van der Waals surface area contributed by atoms with Crippen molar-refractivity contribution in [1.29, 1.82) is 0 Å². The van der Waals surface area contributed by atoms with Crippen molar-refractivity contribution in [1.82, 2.24) is 5.16 Å². The van der Waals surface area contributed by atoms with E-state index in [1.165, 1.54) is 19.3 Å². The van der Waals surface area contributed by atoms with E-state index in [-0.39, 0.29) is 12.1 Å². The molecule has 2 aliphatic rings. The van der Waals surface area contributed by atoms with Crippen molar-refractivity contribution in [3.05, 3.63) is 17.5 Å². The van der Waals surface area contributed by atoms with E-state index in [1.807, 2.05) is 0 Å². The third-order valence-electron chi connectivity index (χ3n) is 5.21. The molecule has 1 aliphatic carbocycles. The van der Waals surface area contributed by atoms with Crippen LogP contribution in [0.2, 0.25) is 0 Å². The van der Waals surface area contributed by atoms with E-state index in [0.717, 1.165) is 17.4 Å². The maximum Gasteiger partial charge on any atom is 0.209 e. The summed E-state index contributed by atoms with van der Waals surface area (Å²) in [7, 11) is 3.29. The van der Waals surface area contributed by atoms with Crippen LogP contribution >= 0.6 is 0 Å². The molecule has 4 atom stereocenters. The predicted molar refractivity (Wildman–Crippen MR) is 97.3 cm³/mol. The van der Waals surface area contributed by atoms with Crippen molar-refractivity contribution in [2.24, 2.45) is 21.8 Å². The summed E-state index contributed by atoms with van der Waals surface area (Å²) in [5.74, 6) is 3.87. The van der Waals surface area contributed by atoms with Gasteiger partial charge in [0, 0.05) is 18.4 Å². The van der Waals surface area contributed by atoms with E-state index in [1.54, 1.807) is 14.2 Å². The SMILES string of the molecule is COC1=N[C@H](C(C)C)C(OC)=N[C@@H]1Cc1cc(C2CCC(C)C2)on1. The van der Waals surface area contributed by atoms with Gasteiger partial charge in [-0.3, -0.25) is 0 Å². The predicted octanol–water partition coefficient (Wildman–Crippen LogP) is 3.62. The third kappa shape index (κ3) is 3.88. The zero-order valence-corrected chi connectivity index (χ0v) is 15.9. The molecule has 25 heavy (non-hydrogen) atoms. The number of hydrogen-bond donors (Lipinski definition) is 0. The van der Waals surface area contributed by atoms with E-state index in [0.29, 0.717) is 30.1 Å². The Bertz CT molecular complexity index is 650. The Morgan fingerprint density at radius 1 is 1.16 bits per heavy atom. The summed E-state index contributed by atoms with van der Waals surface area (Å²) in [6, 6.07) is 1.77. The normalized spacial score (nSPS) is 29.5. The van der Waals surface area contributed by atoms with Crippen molar-refractivity contribution < 1.29 is 14.0 Å².